The Morgan fingerprint density at radius 1 is 1.36 bits per heavy atom. The molecule has 2 fully saturated rings. The fourth-order valence-electron chi connectivity index (χ4n) is 3.25. The first-order chi connectivity index (χ1) is 10.7. The van der Waals surface area contributed by atoms with Crippen LogP contribution >= 0.6 is 0 Å². The van der Waals surface area contributed by atoms with Gasteiger partial charge < -0.3 is 20.3 Å². The summed E-state index contributed by atoms with van der Waals surface area (Å²) in [6.45, 7) is 1.93. The van der Waals surface area contributed by atoms with E-state index < -0.39 is 0 Å². The molecular weight excluding hydrogens is 278 g/mol. The molecule has 2 heterocycles. The number of anilines is 2. The molecule has 0 atom stereocenters. The van der Waals surface area contributed by atoms with E-state index in [2.05, 4.69) is 22.8 Å². The van der Waals surface area contributed by atoms with Crippen molar-refractivity contribution in [1.82, 2.24) is 5.32 Å². The molecule has 116 valence electrons. The molecule has 0 bridgehead atoms. The van der Waals surface area contributed by atoms with E-state index in [0.717, 1.165) is 34.8 Å². The molecule has 2 aliphatic heterocycles. The molecule has 1 aliphatic carbocycles. The quantitative estimate of drug-likeness (QED) is 0.820. The Morgan fingerprint density at radius 3 is 2.91 bits per heavy atom. The van der Waals surface area contributed by atoms with Gasteiger partial charge in [0.05, 0.1) is 30.2 Å². The number of nitrogens with one attached hydrogen (secondary N) is 2. The number of hydrogen-bond donors (Lipinski definition) is 2. The first kappa shape index (κ1) is 13.6. The third-order valence-electron chi connectivity index (χ3n) is 4.75. The van der Waals surface area contributed by atoms with Crippen molar-refractivity contribution >= 4 is 22.9 Å². The SMILES string of the molecule is CN1C(=O)/C(=C2/COCCN2)c2cc(NC3CCC3)ccc21. The number of rotatable bonds is 2. The molecule has 5 nitrogen and oxygen atoms in total. The Balaban J connectivity index is 1.73. The summed E-state index contributed by atoms with van der Waals surface area (Å²) < 4.78 is 5.51. The fraction of sp³-hybridized carbons (Fsp3) is 0.471. The van der Waals surface area contributed by atoms with Crippen molar-refractivity contribution < 1.29 is 9.53 Å². The van der Waals surface area contributed by atoms with Gasteiger partial charge in [0, 0.05) is 30.9 Å². The Morgan fingerprint density at radius 2 is 2.23 bits per heavy atom. The van der Waals surface area contributed by atoms with Crippen LogP contribution in [0.3, 0.4) is 0 Å². The van der Waals surface area contributed by atoms with Gasteiger partial charge in [-0.25, -0.2) is 0 Å². The Bertz CT molecular complexity index is 641. The summed E-state index contributed by atoms with van der Waals surface area (Å²) in [5.74, 6) is 0.0452. The zero-order chi connectivity index (χ0) is 15.1. The smallest absolute Gasteiger partial charge is 0.260 e. The number of amides is 1. The van der Waals surface area contributed by atoms with Crippen LogP contribution in [0.15, 0.2) is 23.9 Å². The molecule has 0 aromatic heterocycles. The zero-order valence-corrected chi connectivity index (χ0v) is 12.8. The summed E-state index contributed by atoms with van der Waals surface area (Å²) in [6, 6.07) is 6.79. The van der Waals surface area contributed by atoms with Crippen molar-refractivity contribution in [2.45, 2.75) is 25.3 Å². The normalized spacial score (nSPS) is 24.8. The zero-order valence-electron chi connectivity index (χ0n) is 12.8. The lowest BCUT2D eigenvalue weighted by molar-refractivity contribution is -0.112. The van der Waals surface area contributed by atoms with Gasteiger partial charge in [-0.05, 0) is 37.5 Å². The number of carbonyl (C=O) groups excluding carboxylic acids is 1. The molecule has 0 unspecified atom stereocenters. The van der Waals surface area contributed by atoms with Gasteiger partial charge in [-0.3, -0.25) is 4.79 Å². The maximum Gasteiger partial charge on any atom is 0.260 e. The van der Waals surface area contributed by atoms with Crippen LogP contribution in [0, 0.1) is 0 Å². The number of hydrogen-bond acceptors (Lipinski definition) is 4. The predicted molar refractivity (Wildman–Crippen MR) is 86.9 cm³/mol. The minimum Gasteiger partial charge on any atom is -0.383 e. The molecule has 0 radical (unpaired) electrons. The molecule has 1 amide bonds. The number of morpholine rings is 1. The number of ether oxygens (including phenoxy) is 1. The first-order valence-corrected chi connectivity index (χ1v) is 7.98. The standard InChI is InChI=1S/C17H21N3O2/c1-20-15-6-5-12(19-11-3-2-4-11)9-13(15)16(17(20)21)14-10-22-8-7-18-14/h5-6,9,11,18-19H,2-4,7-8,10H2,1H3/b16-14-. The third-order valence-corrected chi connectivity index (χ3v) is 4.75. The van der Waals surface area contributed by atoms with Crippen molar-refractivity contribution in [3.05, 3.63) is 29.5 Å². The monoisotopic (exact) mass is 299 g/mol. The Kier molecular flexibility index (Phi) is 3.30. The van der Waals surface area contributed by atoms with Crippen molar-refractivity contribution in [3.8, 4) is 0 Å². The first-order valence-electron chi connectivity index (χ1n) is 7.98. The Labute approximate surface area is 130 Å². The largest absolute Gasteiger partial charge is 0.383 e. The maximum absolute atomic E-state index is 12.6. The lowest BCUT2D eigenvalue weighted by Gasteiger charge is -2.27. The molecule has 1 aromatic carbocycles. The van der Waals surface area contributed by atoms with E-state index in [0.29, 0.717) is 19.3 Å². The van der Waals surface area contributed by atoms with Crippen LogP contribution in [0.1, 0.15) is 24.8 Å². The van der Waals surface area contributed by atoms with E-state index in [1.165, 1.54) is 19.3 Å². The average Bonchev–Trinajstić information content (AvgIpc) is 2.75. The highest BCUT2D eigenvalue weighted by Gasteiger charge is 2.33. The van der Waals surface area contributed by atoms with Crippen molar-refractivity contribution in [2.24, 2.45) is 0 Å². The van der Waals surface area contributed by atoms with Gasteiger partial charge in [-0.15, -0.1) is 0 Å². The third kappa shape index (κ3) is 2.16. The second-order valence-electron chi connectivity index (χ2n) is 6.20. The number of likely N-dealkylation sites (N-methyl/N-ethyl adjacent to an activating group) is 1. The summed E-state index contributed by atoms with van der Waals surface area (Å²) in [5.41, 5.74) is 4.74. The van der Waals surface area contributed by atoms with Crippen LogP contribution in [-0.4, -0.2) is 38.8 Å². The molecular formula is C17H21N3O2. The molecule has 4 rings (SSSR count). The van der Waals surface area contributed by atoms with Gasteiger partial charge in [-0.2, -0.15) is 0 Å². The van der Waals surface area contributed by atoms with Crippen LogP contribution in [0.2, 0.25) is 0 Å². The van der Waals surface area contributed by atoms with Gasteiger partial charge in [-0.1, -0.05) is 0 Å². The second-order valence-corrected chi connectivity index (χ2v) is 6.20. The minimum absolute atomic E-state index is 0.0452. The van der Waals surface area contributed by atoms with Gasteiger partial charge in [0.25, 0.3) is 5.91 Å². The van der Waals surface area contributed by atoms with E-state index in [-0.39, 0.29) is 5.91 Å². The topological polar surface area (TPSA) is 53.6 Å². The van der Waals surface area contributed by atoms with Crippen LogP contribution in [0.4, 0.5) is 11.4 Å². The molecule has 1 saturated carbocycles. The minimum atomic E-state index is 0.0452. The highest BCUT2D eigenvalue weighted by molar-refractivity contribution is 6.33. The summed E-state index contributed by atoms with van der Waals surface area (Å²) >= 11 is 0. The van der Waals surface area contributed by atoms with Gasteiger partial charge in [0.15, 0.2) is 0 Å². The average molecular weight is 299 g/mol. The molecule has 2 N–H and O–H groups in total. The summed E-state index contributed by atoms with van der Waals surface area (Å²) in [7, 11) is 1.83. The summed E-state index contributed by atoms with van der Waals surface area (Å²) in [5, 5.41) is 6.88. The predicted octanol–water partition coefficient (Wildman–Crippen LogP) is 1.96. The van der Waals surface area contributed by atoms with Crippen LogP contribution < -0.4 is 15.5 Å². The van der Waals surface area contributed by atoms with E-state index in [4.69, 9.17) is 4.74 Å². The van der Waals surface area contributed by atoms with Crippen LogP contribution in [0.25, 0.3) is 5.57 Å². The molecule has 3 aliphatic rings. The fourth-order valence-corrected chi connectivity index (χ4v) is 3.25. The number of nitrogens with zero attached hydrogens (tertiary/aromatic N) is 1. The lowest BCUT2D eigenvalue weighted by atomic mass is 9.92. The van der Waals surface area contributed by atoms with E-state index in [1.54, 1.807) is 4.90 Å². The van der Waals surface area contributed by atoms with Crippen LogP contribution in [-0.2, 0) is 9.53 Å². The molecule has 22 heavy (non-hydrogen) atoms. The maximum atomic E-state index is 12.6. The molecule has 1 saturated heterocycles. The van der Waals surface area contributed by atoms with Crippen molar-refractivity contribution in [2.75, 3.05) is 37.0 Å². The second kappa shape index (κ2) is 5.32. The molecule has 5 heteroatoms. The number of benzene rings is 1. The Hall–Kier alpha value is -2.01. The highest BCUT2D eigenvalue weighted by atomic mass is 16.5. The van der Waals surface area contributed by atoms with Crippen molar-refractivity contribution in [1.29, 1.82) is 0 Å². The van der Waals surface area contributed by atoms with Gasteiger partial charge >= 0.3 is 0 Å². The number of carbonyl (C=O) groups is 1. The van der Waals surface area contributed by atoms with Crippen molar-refractivity contribution in [3.63, 3.8) is 0 Å². The summed E-state index contributed by atoms with van der Waals surface area (Å²) in [4.78, 5) is 14.3. The molecule has 1 aromatic rings. The van der Waals surface area contributed by atoms with E-state index in [9.17, 15) is 4.79 Å². The lowest BCUT2D eigenvalue weighted by Crippen LogP contribution is -2.31. The molecule has 0 spiro atoms. The van der Waals surface area contributed by atoms with E-state index in [1.807, 2.05) is 13.1 Å². The van der Waals surface area contributed by atoms with E-state index >= 15 is 0 Å². The highest BCUT2D eigenvalue weighted by Crippen LogP contribution is 2.39. The number of fused-ring (bicyclic) bond motifs is 1. The van der Waals surface area contributed by atoms with Gasteiger partial charge in [0.2, 0.25) is 0 Å². The summed E-state index contributed by atoms with van der Waals surface area (Å²) in [6.07, 6.45) is 3.78. The van der Waals surface area contributed by atoms with Crippen LogP contribution in [0.5, 0.6) is 0 Å². The van der Waals surface area contributed by atoms with Gasteiger partial charge in [0.1, 0.15) is 0 Å².